The monoisotopic (exact) mass is 453 g/mol. The number of nitrogens with zero attached hydrogens (tertiary/aromatic N) is 1. The Morgan fingerprint density at radius 3 is 2.00 bits per heavy atom. The van der Waals surface area contributed by atoms with E-state index < -0.39 is 18.0 Å². The van der Waals surface area contributed by atoms with Crippen molar-refractivity contribution >= 4 is 17.7 Å². The molecule has 0 radical (unpaired) electrons. The zero-order chi connectivity index (χ0) is 23.9. The Hall–Kier alpha value is -4.45. The van der Waals surface area contributed by atoms with Crippen LogP contribution in [-0.4, -0.2) is 29.4 Å². The van der Waals surface area contributed by atoms with Crippen LogP contribution in [0.3, 0.4) is 0 Å². The number of rotatable bonds is 8. The van der Waals surface area contributed by atoms with Gasteiger partial charge in [0, 0.05) is 18.2 Å². The van der Waals surface area contributed by atoms with E-state index in [4.69, 9.17) is 9.47 Å². The van der Waals surface area contributed by atoms with Crippen molar-refractivity contribution in [3.05, 3.63) is 126 Å². The molecule has 1 atom stereocenters. The fourth-order valence-electron chi connectivity index (χ4n) is 3.68. The summed E-state index contributed by atoms with van der Waals surface area (Å²) in [6, 6.07) is 27.3. The number of carbonyl (C=O) groups is 3. The van der Waals surface area contributed by atoms with Gasteiger partial charge < -0.3 is 14.0 Å². The predicted molar refractivity (Wildman–Crippen MR) is 127 cm³/mol. The quantitative estimate of drug-likeness (QED) is 0.216. The molecule has 0 N–H and O–H groups in total. The summed E-state index contributed by atoms with van der Waals surface area (Å²) < 4.78 is 12.1. The summed E-state index contributed by atoms with van der Waals surface area (Å²) in [7, 11) is 1.32. The number of esters is 2. The summed E-state index contributed by atoms with van der Waals surface area (Å²) >= 11 is 0. The van der Waals surface area contributed by atoms with E-state index in [0.29, 0.717) is 29.0 Å². The summed E-state index contributed by atoms with van der Waals surface area (Å²) in [6.07, 6.45) is 2.00. The maximum absolute atomic E-state index is 13.0. The van der Waals surface area contributed by atoms with Crippen LogP contribution in [0.15, 0.2) is 103 Å². The van der Waals surface area contributed by atoms with Crippen molar-refractivity contribution in [3.8, 4) is 5.75 Å². The smallest absolute Gasteiger partial charge is 0.343 e. The van der Waals surface area contributed by atoms with Gasteiger partial charge in [-0.25, -0.2) is 9.59 Å². The summed E-state index contributed by atoms with van der Waals surface area (Å²) in [5.74, 6) is -0.689. The molecule has 1 unspecified atom stereocenters. The van der Waals surface area contributed by atoms with Gasteiger partial charge in [0.1, 0.15) is 11.8 Å². The standard InChI is InChI=1S/C28H23NO5/c1-33-28(32)25(29-18-8-13-24(29)26(30)21-9-4-2-5-10-21)19-20-14-16-23(17-15-20)34-27(31)22-11-6-3-7-12-22/h2-18,25H,19H2,1H3. The van der Waals surface area contributed by atoms with E-state index in [9.17, 15) is 14.4 Å². The Bertz CT molecular complexity index is 1280. The minimum absolute atomic E-state index is 0.178. The molecule has 1 heterocycles. The van der Waals surface area contributed by atoms with Crippen LogP contribution in [0.25, 0.3) is 0 Å². The van der Waals surface area contributed by atoms with Crippen molar-refractivity contribution in [3.63, 3.8) is 0 Å². The molecular formula is C28H23NO5. The Morgan fingerprint density at radius 2 is 1.38 bits per heavy atom. The molecule has 6 heteroatoms. The lowest BCUT2D eigenvalue weighted by Crippen LogP contribution is -2.25. The molecule has 0 saturated carbocycles. The van der Waals surface area contributed by atoms with E-state index in [0.717, 1.165) is 5.56 Å². The highest BCUT2D eigenvalue weighted by molar-refractivity contribution is 6.08. The number of benzene rings is 3. The van der Waals surface area contributed by atoms with Crippen molar-refractivity contribution < 1.29 is 23.9 Å². The molecule has 6 nitrogen and oxygen atoms in total. The number of hydrogen-bond acceptors (Lipinski definition) is 5. The second-order valence-corrected chi connectivity index (χ2v) is 7.64. The molecule has 0 fully saturated rings. The van der Waals surface area contributed by atoms with Crippen LogP contribution >= 0.6 is 0 Å². The number of hydrogen-bond donors (Lipinski definition) is 0. The fourth-order valence-corrected chi connectivity index (χ4v) is 3.68. The van der Waals surface area contributed by atoms with E-state index in [1.165, 1.54) is 7.11 Å². The van der Waals surface area contributed by atoms with Crippen molar-refractivity contribution in [2.45, 2.75) is 12.5 Å². The number of ketones is 1. The normalized spacial score (nSPS) is 11.4. The van der Waals surface area contributed by atoms with Gasteiger partial charge in [-0.3, -0.25) is 4.79 Å². The number of aromatic nitrogens is 1. The first-order valence-corrected chi connectivity index (χ1v) is 10.8. The van der Waals surface area contributed by atoms with Gasteiger partial charge in [0.15, 0.2) is 0 Å². The van der Waals surface area contributed by atoms with Gasteiger partial charge in [-0.15, -0.1) is 0 Å². The molecule has 0 saturated heterocycles. The molecule has 4 aromatic rings. The first kappa shape index (κ1) is 22.7. The zero-order valence-electron chi connectivity index (χ0n) is 18.6. The first-order chi connectivity index (χ1) is 16.6. The topological polar surface area (TPSA) is 74.6 Å². The summed E-state index contributed by atoms with van der Waals surface area (Å²) in [4.78, 5) is 38.0. The maximum Gasteiger partial charge on any atom is 0.343 e. The van der Waals surface area contributed by atoms with E-state index in [-0.39, 0.29) is 5.78 Å². The summed E-state index contributed by atoms with van der Waals surface area (Å²) in [6.45, 7) is 0. The zero-order valence-corrected chi connectivity index (χ0v) is 18.6. The summed E-state index contributed by atoms with van der Waals surface area (Å²) in [5.41, 5.74) is 2.22. The molecule has 1 aromatic heterocycles. The van der Waals surface area contributed by atoms with Gasteiger partial charge >= 0.3 is 11.9 Å². The highest BCUT2D eigenvalue weighted by atomic mass is 16.5. The van der Waals surface area contributed by atoms with E-state index in [2.05, 4.69) is 0 Å². The van der Waals surface area contributed by atoms with Crippen LogP contribution in [-0.2, 0) is 16.0 Å². The molecule has 0 bridgehead atoms. The Balaban J connectivity index is 1.53. The van der Waals surface area contributed by atoms with E-state index in [1.807, 2.05) is 12.1 Å². The maximum atomic E-state index is 13.0. The molecule has 0 aliphatic heterocycles. The fraction of sp³-hybridized carbons (Fsp3) is 0.107. The van der Waals surface area contributed by atoms with Crippen molar-refractivity contribution in [1.29, 1.82) is 0 Å². The molecule has 34 heavy (non-hydrogen) atoms. The van der Waals surface area contributed by atoms with Gasteiger partial charge in [-0.05, 0) is 42.0 Å². The molecule has 0 spiro atoms. The minimum atomic E-state index is -0.736. The number of methoxy groups -OCH3 is 1. The van der Waals surface area contributed by atoms with E-state index in [1.54, 1.807) is 95.7 Å². The van der Waals surface area contributed by atoms with Gasteiger partial charge in [0.05, 0.1) is 18.4 Å². The number of ether oxygens (including phenoxy) is 2. The highest BCUT2D eigenvalue weighted by Gasteiger charge is 2.26. The predicted octanol–water partition coefficient (Wildman–Crippen LogP) is 4.90. The van der Waals surface area contributed by atoms with Crippen molar-refractivity contribution in [2.24, 2.45) is 0 Å². The van der Waals surface area contributed by atoms with Crippen molar-refractivity contribution in [1.82, 2.24) is 4.57 Å². The van der Waals surface area contributed by atoms with Gasteiger partial charge in [0.25, 0.3) is 0 Å². The van der Waals surface area contributed by atoms with Crippen LogP contribution < -0.4 is 4.74 Å². The van der Waals surface area contributed by atoms with E-state index >= 15 is 0 Å². The van der Waals surface area contributed by atoms with Gasteiger partial charge in [-0.2, -0.15) is 0 Å². The Labute approximate surface area is 197 Å². The van der Waals surface area contributed by atoms with Crippen molar-refractivity contribution in [2.75, 3.05) is 7.11 Å². The lowest BCUT2D eigenvalue weighted by Gasteiger charge is -2.19. The lowest BCUT2D eigenvalue weighted by atomic mass is 10.0. The molecule has 3 aromatic carbocycles. The average Bonchev–Trinajstić information content (AvgIpc) is 3.38. The van der Waals surface area contributed by atoms with Crippen LogP contribution in [0.1, 0.15) is 38.0 Å². The molecular weight excluding hydrogens is 430 g/mol. The third-order valence-corrected chi connectivity index (χ3v) is 5.43. The molecule has 0 aliphatic rings. The molecule has 4 rings (SSSR count). The second-order valence-electron chi connectivity index (χ2n) is 7.64. The highest BCUT2D eigenvalue weighted by Crippen LogP contribution is 2.23. The van der Waals surface area contributed by atoms with Crippen LogP contribution in [0.4, 0.5) is 0 Å². The third-order valence-electron chi connectivity index (χ3n) is 5.43. The Morgan fingerprint density at radius 1 is 0.765 bits per heavy atom. The molecule has 170 valence electrons. The van der Waals surface area contributed by atoms with Gasteiger partial charge in [0.2, 0.25) is 5.78 Å². The largest absolute Gasteiger partial charge is 0.467 e. The third kappa shape index (κ3) is 5.13. The average molecular weight is 453 g/mol. The van der Waals surface area contributed by atoms with Gasteiger partial charge in [-0.1, -0.05) is 60.7 Å². The SMILES string of the molecule is COC(=O)C(Cc1ccc(OC(=O)c2ccccc2)cc1)n1cccc1C(=O)c1ccccc1. The Kier molecular flexibility index (Phi) is 6.98. The second kappa shape index (κ2) is 10.4. The minimum Gasteiger partial charge on any atom is -0.467 e. The molecule has 0 aliphatic carbocycles. The first-order valence-electron chi connectivity index (χ1n) is 10.8. The van der Waals surface area contributed by atoms with Crippen LogP contribution in [0.5, 0.6) is 5.75 Å². The van der Waals surface area contributed by atoms with Crippen LogP contribution in [0.2, 0.25) is 0 Å². The lowest BCUT2D eigenvalue weighted by molar-refractivity contribution is -0.144. The summed E-state index contributed by atoms with van der Waals surface area (Å²) in [5, 5.41) is 0. The number of carbonyl (C=O) groups excluding carboxylic acids is 3. The molecule has 0 amide bonds. The van der Waals surface area contributed by atoms with Crippen LogP contribution in [0, 0.1) is 0 Å².